The van der Waals surface area contributed by atoms with Crippen LogP contribution < -0.4 is 20.5 Å². The van der Waals surface area contributed by atoms with E-state index in [1.54, 1.807) is 0 Å². The normalized spacial score (nSPS) is 16.6. The highest BCUT2D eigenvalue weighted by molar-refractivity contribution is 5.95. The fourth-order valence-corrected chi connectivity index (χ4v) is 2.77. The number of methoxy groups -OCH3 is 2. The van der Waals surface area contributed by atoms with Crippen LogP contribution in [-0.4, -0.2) is 32.2 Å². The van der Waals surface area contributed by atoms with Crippen molar-refractivity contribution in [2.75, 3.05) is 20.8 Å². The number of ether oxygens (including phenoxy) is 2. The van der Waals surface area contributed by atoms with Crippen LogP contribution in [0.25, 0.3) is 0 Å². The molecule has 0 spiro atoms. The number of benzene rings is 1. The van der Waals surface area contributed by atoms with Crippen LogP contribution in [0.2, 0.25) is 0 Å². The molecule has 21 heavy (non-hydrogen) atoms. The summed E-state index contributed by atoms with van der Waals surface area (Å²) in [4.78, 5) is 12.4. The van der Waals surface area contributed by atoms with Gasteiger partial charge < -0.3 is 20.5 Å². The number of nitrogens with one attached hydrogen (secondary N) is 1. The molecule has 1 amide bonds. The van der Waals surface area contributed by atoms with Crippen molar-refractivity contribution in [2.45, 2.75) is 31.2 Å². The summed E-state index contributed by atoms with van der Waals surface area (Å²) in [5, 5.41) is 2.89. The van der Waals surface area contributed by atoms with Gasteiger partial charge in [0.2, 0.25) is 0 Å². The maximum atomic E-state index is 14.1. The Labute approximate surface area is 123 Å². The molecule has 0 saturated heterocycles. The van der Waals surface area contributed by atoms with Gasteiger partial charge in [-0.2, -0.15) is 0 Å². The van der Waals surface area contributed by atoms with Crippen LogP contribution >= 0.6 is 0 Å². The van der Waals surface area contributed by atoms with Gasteiger partial charge in [0.25, 0.3) is 5.91 Å². The highest BCUT2D eigenvalue weighted by Crippen LogP contribution is 2.32. The lowest BCUT2D eigenvalue weighted by molar-refractivity contribution is 0.0898. The van der Waals surface area contributed by atoms with Crippen molar-refractivity contribution in [2.24, 2.45) is 5.73 Å². The van der Waals surface area contributed by atoms with Crippen molar-refractivity contribution in [3.05, 3.63) is 23.5 Å². The largest absolute Gasteiger partial charge is 0.493 e. The van der Waals surface area contributed by atoms with E-state index in [-0.39, 0.29) is 11.3 Å². The van der Waals surface area contributed by atoms with E-state index in [2.05, 4.69) is 5.32 Å². The van der Waals surface area contributed by atoms with Gasteiger partial charge in [-0.15, -0.1) is 0 Å². The quantitative estimate of drug-likeness (QED) is 0.869. The van der Waals surface area contributed by atoms with Crippen molar-refractivity contribution in [1.82, 2.24) is 5.32 Å². The maximum Gasteiger partial charge on any atom is 0.254 e. The second-order valence-electron chi connectivity index (χ2n) is 5.33. The predicted octanol–water partition coefficient (Wildman–Crippen LogP) is 1.84. The third-order valence-electron chi connectivity index (χ3n) is 4.05. The summed E-state index contributed by atoms with van der Waals surface area (Å²) >= 11 is 0. The molecule has 0 radical (unpaired) electrons. The number of rotatable bonds is 5. The zero-order valence-corrected chi connectivity index (χ0v) is 12.4. The van der Waals surface area contributed by atoms with E-state index >= 15 is 0 Å². The Morgan fingerprint density at radius 1 is 1.29 bits per heavy atom. The molecule has 0 bridgehead atoms. The van der Waals surface area contributed by atoms with Crippen molar-refractivity contribution in [3.8, 4) is 11.5 Å². The molecule has 1 fully saturated rings. The molecule has 1 aliphatic rings. The summed E-state index contributed by atoms with van der Waals surface area (Å²) in [5.74, 6) is -0.547. The van der Waals surface area contributed by atoms with Gasteiger partial charge >= 0.3 is 0 Å². The number of carbonyl (C=O) groups is 1. The minimum atomic E-state index is -0.643. The molecule has 0 atom stereocenters. The molecular weight excluding hydrogens is 275 g/mol. The molecule has 0 unspecified atom stereocenters. The summed E-state index contributed by atoms with van der Waals surface area (Å²) in [7, 11) is 2.86. The summed E-state index contributed by atoms with van der Waals surface area (Å²) in [6, 6.07) is 2.50. The Bertz CT molecular complexity index is 528. The Kier molecular flexibility index (Phi) is 4.67. The molecule has 2 rings (SSSR count). The molecule has 0 aliphatic heterocycles. The zero-order valence-electron chi connectivity index (χ0n) is 12.4. The standard InChI is InChI=1S/C15H21FN2O3/c1-20-12-7-10(11(16)8-13(12)21-2)14(19)18-15(9-17)5-3-4-6-15/h7-8H,3-6,9,17H2,1-2H3,(H,18,19). The van der Waals surface area contributed by atoms with Gasteiger partial charge in [-0.3, -0.25) is 4.79 Å². The zero-order chi connectivity index (χ0) is 15.5. The highest BCUT2D eigenvalue weighted by Gasteiger charge is 2.34. The van der Waals surface area contributed by atoms with Crippen LogP contribution in [-0.2, 0) is 0 Å². The second kappa shape index (κ2) is 6.30. The van der Waals surface area contributed by atoms with E-state index < -0.39 is 17.3 Å². The lowest BCUT2D eigenvalue weighted by Crippen LogP contribution is -2.51. The second-order valence-corrected chi connectivity index (χ2v) is 5.33. The van der Waals surface area contributed by atoms with Gasteiger partial charge in [0.1, 0.15) is 5.82 Å². The first-order valence-electron chi connectivity index (χ1n) is 6.99. The maximum absolute atomic E-state index is 14.1. The van der Waals surface area contributed by atoms with E-state index in [1.807, 2.05) is 0 Å². The smallest absolute Gasteiger partial charge is 0.254 e. The van der Waals surface area contributed by atoms with Gasteiger partial charge in [-0.25, -0.2) is 4.39 Å². The lowest BCUT2D eigenvalue weighted by atomic mass is 9.97. The third kappa shape index (κ3) is 3.10. The summed E-state index contributed by atoms with van der Waals surface area (Å²) in [6.07, 6.45) is 3.69. The molecule has 1 aliphatic carbocycles. The molecule has 1 saturated carbocycles. The monoisotopic (exact) mass is 296 g/mol. The van der Waals surface area contributed by atoms with Crippen LogP contribution in [0.5, 0.6) is 11.5 Å². The number of halogens is 1. The molecule has 0 aromatic heterocycles. The summed E-state index contributed by atoms with van der Waals surface area (Å²) < 4.78 is 24.2. The van der Waals surface area contributed by atoms with E-state index in [9.17, 15) is 9.18 Å². The minimum absolute atomic E-state index is 0.0626. The first-order valence-corrected chi connectivity index (χ1v) is 6.99. The number of hydrogen-bond acceptors (Lipinski definition) is 4. The van der Waals surface area contributed by atoms with E-state index in [1.165, 1.54) is 20.3 Å². The molecule has 1 aromatic carbocycles. The minimum Gasteiger partial charge on any atom is -0.493 e. The number of amides is 1. The van der Waals surface area contributed by atoms with Crippen LogP contribution in [0.1, 0.15) is 36.0 Å². The Morgan fingerprint density at radius 2 is 1.86 bits per heavy atom. The van der Waals surface area contributed by atoms with Crippen LogP contribution in [0.3, 0.4) is 0 Å². The van der Waals surface area contributed by atoms with Crippen LogP contribution in [0.4, 0.5) is 4.39 Å². The van der Waals surface area contributed by atoms with Gasteiger partial charge in [-0.1, -0.05) is 12.8 Å². The topological polar surface area (TPSA) is 73.6 Å². The Balaban J connectivity index is 2.26. The van der Waals surface area contributed by atoms with E-state index in [0.717, 1.165) is 31.7 Å². The first-order chi connectivity index (χ1) is 10.0. The van der Waals surface area contributed by atoms with Crippen LogP contribution in [0, 0.1) is 5.82 Å². The van der Waals surface area contributed by atoms with Crippen LogP contribution in [0.15, 0.2) is 12.1 Å². The number of nitrogens with two attached hydrogens (primary N) is 1. The summed E-state index contributed by atoms with van der Waals surface area (Å²) in [5.41, 5.74) is 5.30. The van der Waals surface area contributed by atoms with Gasteiger partial charge in [-0.05, 0) is 18.9 Å². The van der Waals surface area contributed by atoms with Crippen molar-refractivity contribution in [1.29, 1.82) is 0 Å². The molecular formula is C15H21FN2O3. The van der Waals surface area contributed by atoms with Crippen molar-refractivity contribution in [3.63, 3.8) is 0 Å². The third-order valence-corrected chi connectivity index (χ3v) is 4.05. The Morgan fingerprint density at radius 3 is 2.38 bits per heavy atom. The van der Waals surface area contributed by atoms with Crippen molar-refractivity contribution >= 4 is 5.91 Å². The fourth-order valence-electron chi connectivity index (χ4n) is 2.77. The number of hydrogen-bond donors (Lipinski definition) is 2. The fraction of sp³-hybridized carbons (Fsp3) is 0.533. The molecule has 5 nitrogen and oxygen atoms in total. The average Bonchev–Trinajstić information content (AvgIpc) is 2.95. The van der Waals surface area contributed by atoms with Gasteiger partial charge in [0.05, 0.1) is 25.3 Å². The number of carbonyl (C=O) groups excluding carboxylic acids is 1. The SMILES string of the molecule is COc1cc(F)c(C(=O)NC2(CN)CCCC2)cc1OC. The van der Waals surface area contributed by atoms with Crippen molar-refractivity contribution < 1.29 is 18.7 Å². The Hall–Kier alpha value is -1.82. The molecule has 1 aromatic rings. The lowest BCUT2D eigenvalue weighted by Gasteiger charge is -2.28. The van der Waals surface area contributed by atoms with E-state index in [4.69, 9.17) is 15.2 Å². The summed E-state index contributed by atoms with van der Waals surface area (Å²) in [6.45, 7) is 0.355. The van der Waals surface area contributed by atoms with E-state index in [0.29, 0.717) is 12.3 Å². The predicted molar refractivity (Wildman–Crippen MR) is 77.2 cm³/mol. The molecule has 0 heterocycles. The van der Waals surface area contributed by atoms with Gasteiger partial charge in [0, 0.05) is 12.6 Å². The highest BCUT2D eigenvalue weighted by atomic mass is 19.1. The molecule has 6 heteroatoms. The van der Waals surface area contributed by atoms with Gasteiger partial charge in [0.15, 0.2) is 11.5 Å². The average molecular weight is 296 g/mol. The molecule has 116 valence electrons. The molecule has 3 N–H and O–H groups in total. The first kappa shape index (κ1) is 15.6.